The first-order valence-electron chi connectivity index (χ1n) is 7.05. The van der Waals surface area contributed by atoms with Gasteiger partial charge in [0.1, 0.15) is 0 Å². The Hall–Kier alpha value is -1.01. The fourth-order valence-electron chi connectivity index (χ4n) is 2.82. The van der Waals surface area contributed by atoms with E-state index in [2.05, 4.69) is 32.6 Å². The van der Waals surface area contributed by atoms with Crippen LogP contribution in [0.1, 0.15) is 24.8 Å². The van der Waals surface area contributed by atoms with Gasteiger partial charge in [-0.15, -0.1) is 0 Å². The van der Waals surface area contributed by atoms with Gasteiger partial charge in [0.25, 0.3) is 5.92 Å². The summed E-state index contributed by atoms with van der Waals surface area (Å²) in [5, 5.41) is 5.42. The molecule has 1 aliphatic heterocycles. The summed E-state index contributed by atoms with van der Waals surface area (Å²) >= 11 is 3.45. The molecule has 3 nitrogen and oxygen atoms in total. The second kappa shape index (κ2) is 5.32. The molecule has 1 aromatic rings. The van der Waals surface area contributed by atoms with Crippen LogP contribution in [-0.2, 0) is 10.2 Å². The van der Waals surface area contributed by atoms with Crippen molar-refractivity contribution in [3.63, 3.8) is 0 Å². The van der Waals surface area contributed by atoms with Crippen LogP contribution in [0.4, 0.5) is 8.78 Å². The van der Waals surface area contributed by atoms with Crippen LogP contribution in [-0.4, -0.2) is 31.0 Å². The fraction of sp³-hybridized carbons (Fsp3) is 0.533. The first kappa shape index (κ1) is 14.9. The van der Waals surface area contributed by atoms with Gasteiger partial charge in [-0.1, -0.05) is 28.1 Å². The molecule has 1 saturated carbocycles. The molecule has 2 aliphatic rings. The summed E-state index contributed by atoms with van der Waals surface area (Å²) in [5.74, 6) is -3.10. The Kier molecular flexibility index (Phi) is 3.78. The van der Waals surface area contributed by atoms with Crippen molar-refractivity contribution >= 4 is 21.8 Å². The number of halogens is 3. The third-order valence-electron chi connectivity index (χ3n) is 4.32. The van der Waals surface area contributed by atoms with Crippen LogP contribution in [0.2, 0.25) is 0 Å². The topological polar surface area (TPSA) is 41.1 Å². The number of carbonyl (C=O) groups is 1. The van der Waals surface area contributed by atoms with Gasteiger partial charge in [-0.3, -0.25) is 10.1 Å². The van der Waals surface area contributed by atoms with E-state index in [1.807, 2.05) is 18.2 Å². The lowest BCUT2D eigenvalue weighted by atomic mass is 9.96. The Balaban J connectivity index is 1.59. The van der Waals surface area contributed by atoms with Crippen molar-refractivity contribution in [1.29, 1.82) is 0 Å². The second-order valence-electron chi connectivity index (χ2n) is 6.00. The van der Waals surface area contributed by atoms with Crippen molar-refractivity contribution in [2.24, 2.45) is 0 Å². The lowest BCUT2D eigenvalue weighted by molar-refractivity contribution is -0.123. The molecule has 1 unspecified atom stereocenters. The van der Waals surface area contributed by atoms with E-state index in [0.717, 1.165) is 17.3 Å². The molecule has 1 aliphatic carbocycles. The number of rotatable bonds is 4. The number of nitrogens with one attached hydrogen (secondary N) is 2. The van der Waals surface area contributed by atoms with E-state index in [0.29, 0.717) is 6.54 Å². The average molecular weight is 359 g/mol. The summed E-state index contributed by atoms with van der Waals surface area (Å²) in [4.78, 5) is 12.0. The monoisotopic (exact) mass is 358 g/mol. The highest BCUT2D eigenvalue weighted by molar-refractivity contribution is 9.10. The van der Waals surface area contributed by atoms with E-state index in [4.69, 9.17) is 0 Å². The van der Waals surface area contributed by atoms with Crippen LogP contribution in [0.15, 0.2) is 28.7 Å². The predicted molar refractivity (Wildman–Crippen MR) is 79.4 cm³/mol. The molecule has 21 heavy (non-hydrogen) atoms. The van der Waals surface area contributed by atoms with Gasteiger partial charge in [0.2, 0.25) is 5.91 Å². The van der Waals surface area contributed by atoms with Crippen molar-refractivity contribution in [3.05, 3.63) is 34.3 Å². The Bertz CT molecular complexity index is 560. The van der Waals surface area contributed by atoms with Gasteiger partial charge in [0, 0.05) is 22.9 Å². The van der Waals surface area contributed by atoms with Gasteiger partial charge in [-0.25, -0.2) is 8.78 Å². The molecule has 0 radical (unpaired) electrons. The zero-order valence-electron chi connectivity index (χ0n) is 11.5. The lowest BCUT2D eigenvalue weighted by Crippen LogP contribution is -2.43. The van der Waals surface area contributed by atoms with Crippen LogP contribution in [0.5, 0.6) is 0 Å². The average Bonchev–Trinajstić information content (AvgIpc) is 3.14. The number of hydrogen-bond acceptors (Lipinski definition) is 2. The summed E-state index contributed by atoms with van der Waals surface area (Å²) in [6, 6.07) is 7.26. The number of amides is 1. The third-order valence-corrected chi connectivity index (χ3v) is 4.81. The maximum Gasteiger partial charge on any atom is 0.262 e. The van der Waals surface area contributed by atoms with E-state index in [1.54, 1.807) is 0 Å². The quantitative estimate of drug-likeness (QED) is 0.868. The Morgan fingerprint density at radius 3 is 2.76 bits per heavy atom. The number of carbonyl (C=O) groups excluding carboxylic acids is 1. The van der Waals surface area contributed by atoms with Gasteiger partial charge in [0.05, 0.1) is 12.6 Å². The largest absolute Gasteiger partial charge is 0.354 e. The molecule has 0 bridgehead atoms. The molecule has 1 heterocycles. The fourth-order valence-corrected chi connectivity index (χ4v) is 3.22. The molecule has 1 atom stereocenters. The first-order valence-corrected chi connectivity index (χ1v) is 7.85. The number of benzene rings is 1. The predicted octanol–water partition coefficient (Wildman–Crippen LogP) is 2.59. The molecule has 0 spiro atoms. The van der Waals surface area contributed by atoms with Gasteiger partial charge in [0.15, 0.2) is 0 Å². The van der Waals surface area contributed by atoms with E-state index in [1.165, 1.54) is 5.56 Å². The molecule has 3 rings (SSSR count). The van der Waals surface area contributed by atoms with Gasteiger partial charge < -0.3 is 5.32 Å². The maximum absolute atomic E-state index is 13.1. The smallest absolute Gasteiger partial charge is 0.262 e. The third kappa shape index (κ3) is 3.26. The molecule has 2 fully saturated rings. The van der Waals surface area contributed by atoms with Gasteiger partial charge in [-0.05, 0) is 30.5 Å². The summed E-state index contributed by atoms with van der Waals surface area (Å²) in [5.41, 5.74) is 1.16. The minimum Gasteiger partial charge on any atom is -0.354 e. The van der Waals surface area contributed by atoms with Crippen LogP contribution >= 0.6 is 15.9 Å². The Morgan fingerprint density at radius 2 is 2.19 bits per heavy atom. The molecule has 1 saturated heterocycles. The number of alkyl halides is 2. The molecular formula is C15H17BrF2N2O. The van der Waals surface area contributed by atoms with E-state index >= 15 is 0 Å². The van der Waals surface area contributed by atoms with E-state index in [-0.39, 0.29) is 11.3 Å². The van der Waals surface area contributed by atoms with Crippen LogP contribution in [0.3, 0.4) is 0 Å². The molecule has 2 N–H and O–H groups in total. The van der Waals surface area contributed by atoms with Gasteiger partial charge >= 0.3 is 0 Å². The molecule has 1 aromatic carbocycles. The zero-order chi connectivity index (χ0) is 15.1. The SMILES string of the molecule is O=C(NCC1(c2cccc(Br)c2)CC1)C1CC(F)(F)CN1. The van der Waals surface area contributed by atoms with E-state index < -0.39 is 24.9 Å². The maximum atomic E-state index is 13.1. The van der Waals surface area contributed by atoms with Gasteiger partial charge in [-0.2, -0.15) is 0 Å². The Labute approximate surface area is 130 Å². The normalized spacial score (nSPS) is 25.6. The van der Waals surface area contributed by atoms with E-state index in [9.17, 15) is 13.6 Å². The zero-order valence-corrected chi connectivity index (χ0v) is 13.1. The standard InChI is InChI=1S/C15H17BrF2N2O/c16-11-3-1-2-10(6-11)14(4-5-14)8-20-13(21)12-7-15(17,18)9-19-12/h1-3,6,12,19H,4-5,7-9H2,(H,20,21). The molecule has 6 heteroatoms. The first-order chi connectivity index (χ1) is 9.90. The van der Waals surface area contributed by atoms with Crippen molar-refractivity contribution in [3.8, 4) is 0 Å². The molecular weight excluding hydrogens is 342 g/mol. The minimum absolute atomic E-state index is 0.0272. The summed E-state index contributed by atoms with van der Waals surface area (Å²) in [7, 11) is 0. The lowest BCUT2D eigenvalue weighted by Gasteiger charge is -2.18. The number of hydrogen-bond donors (Lipinski definition) is 2. The summed E-state index contributed by atoms with van der Waals surface area (Å²) < 4.78 is 27.2. The van der Waals surface area contributed by atoms with Crippen molar-refractivity contribution in [2.75, 3.05) is 13.1 Å². The van der Waals surface area contributed by atoms with Crippen LogP contribution in [0, 0.1) is 0 Å². The van der Waals surface area contributed by atoms with Crippen molar-refractivity contribution in [1.82, 2.24) is 10.6 Å². The summed E-state index contributed by atoms with van der Waals surface area (Å²) in [6.45, 7) is 0.0912. The highest BCUT2D eigenvalue weighted by atomic mass is 79.9. The van der Waals surface area contributed by atoms with Crippen LogP contribution < -0.4 is 10.6 Å². The summed E-state index contributed by atoms with van der Waals surface area (Å²) in [6.07, 6.45) is 1.61. The van der Waals surface area contributed by atoms with Crippen LogP contribution in [0.25, 0.3) is 0 Å². The molecule has 114 valence electrons. The second-order valence-corrected chi connectivity index (χ2v) is 6.92. The highest BCUT2D eigenvalue weighted by Crippen LogP contribution is 2.48. The Morgan fingerprint density at radius 1 is 1.43 bits per heavy atom. The molecule has 1 amide bonds. The van der Waals surface area contributed by atoms with Crippen molar-refractivity contribution in [2.45, 2.75) is 36.6 Å². The minimum atomic E-state index is -2.77. The van der Waals surface area contributed by atoms with Crippen molar-refractivity contribution < 1.29 is 13.6 Å². The highest BCUT2D eigenvalue weighted by Gasteiger charge is 2.46. The molecule has 0 aromatic heterocycles.